The number of ether oxygens (including phenoxy) is 1. The highest BCUT2D eigenvalue weighted by Gasteiger charge is 2.40. The molecule has 0 radical (unpaired) electrons. The van der Waals surface area contributed by atoms with Crippen molar-refractivity contribution in [2.45, 2.75) is 78.0 Å². The molecule has 0 atom stereocenters. The molecule has 2 saturated heterocycles. The van der Waals surface area contributed by atoms with Gasteiger partial charge in [-0.25, -0.2) is 9.78 Å². The molecule has 2 aliphatic heterocycles. The summed E-state index contributed by atoms with van der Waals surface area (Å²) in [5.41, 5.74) is 1.36. The normalized spacial score (nSPS) is 16.5. The average molecular weight is 659 g/mol. The van der Waals surface area contributed by atoms with E-state index in [1.807, 2.05) is 37.5 Å². The predicted octanol–water partition coefficient (Wildman–Crippen LogP) is 6.37. The van der Waals surface area contributed by atoms with Crippen molar-refractivity contribution in [1.29, 1.82) is 0 Å². The van der Waals surface area contributed by atoms with Gasteiger partial charge >= 0.3 is 6.09 Å². The largest absolute Gasteiger partial charge is 0.444 e. The molecule has 2 amide bonds. The number of imidazole rings is 1. The number of hydrogen-bond acceptors (Lipinski definition) is 7. The summed E-state index contributed by atoms with van der Waals surface area (Å²) in [5, 5.41) is 12.6. The fraction of sp³-hybridized carbons (Fsp3) is 0.531. The van der Waals surface area contributed by atoms with Crippen molar-refractivity contribution in [3.8, 4) is 0 Å². The van der Waals surface area contributed by atoms with Gasteiger partial charge in [-0.3, -0.25) is 14.7 Å². The summed E-state index contributed by atoms with van der Waals surface area (Å²) in [7, 11) is 0. The number of halogens is 2. The monoisotopic (exact) mass is 657 g/mol. The number of carbonyl (C=O) groups is 3. The molecule has 5 rings (SSSR count). The first kappa shape index (κ1) is 32.8. The molecule has 242 valence electrons. The number of aromatic amines is 1. The number of anilines is 1. The molecule has 2 aliphatic rings. The molecule has 0 saturated carbocycles. The van der Waals surface area contributed by atoms with E-state index in [4.69, 9.17) is 27.9 Å². The predicted molar refractivity (Wildman–Crippen MR) is 175 cm³/mol. The van der Waals surface area contributed by atoms with Gasteiger partial charge in [-0.1, -0.05) is 50.6 Å². The zero-order valence-corrected chi connectivity index (χ0v) is 28.2. The van der Waals surface area contributed by atoms with Gasteiger partial charge in [0.2, 0.25) is 5.91 Å². The molecule has 11 nitrogen and oxygen atoms in total. The number of H-pyrrole nitrogens is 1. The van der Waals surface area contributed by atoms with Crippen LogP contribution in [0.2, 0.25) is 10.2 Å². The first-order chi connectivity index (χ1) is 21.1. The van der Waals surface area contributed by atoms with E-state index < -0.39 is 5.60 Å². The number of benzene rings is 1. The number of amides is 2. The highest BCUT2D eigenvalue weighted by molar-refractivity contribution is 6.33. The standard InChI is InChI=1S/C32H41Cl2N7O4/c1-8-25(42)40-16-18(17-40)27(43)26-28(34)36-24(41(26)19-9-11-39(12-10-19)30(44)45-32(5,6)7)15-35-29-20-13-21(31(2,3)4)22(33)14-23(20)37-38-29/h8,13-14,18-19H,1,9-12,15-17H2,2-7H3,(H2,35,37,38). The van der Waals surface area contributed by atoms with E-state index in [0.29, 0.717) is 61.4 Å². The van der Waals surface area contributed by atoms with E-state index in [-0.39, 0.29) is 46.9 Å². The Bertz CT molecular complexity index is 1640. The van der Waals surface area contributed by atoms with Gasteiger partial charge in [-0.05, 0) is 62.8 Å². The van der Waals surface area contributed by atoms with Crippen LogP contribution in [0.15, 0.2) is 24.8 Å². The smallest absolute Gasteiger partial charge is 0.410 e. The van der Waals surface area contributed by atoms with Gasteiger partial charge in [0.15, 0.2) is 16.8 Å². The number of nitrogens with zero attached hydrogens (tertiary/aromatic N) is 5. The van der Waals surface area contributed by atoms with Crippen molar-refractivity contribution < 1.29 is 19.1 Å². The Kier molecular flexibility index (Phi) is 8.98. The van der Waals surface area contributed by atoms with E-state index in [2.05, 4.69) is 47.8 Å². The first-order valence-corrected chi connectivity index (χ1v) is 15.9. The summed E-state index contributed by atoms with van der Waals surface area (Å²) in [6.45, 7) is 17.1. The highest BCUT2D eigenvalue weighted by Crippen LogP contribution is 2.36. The molecule has 2 N–H and O–H groups in total. The van der Waals surface area contributed by atoms with Crippen LogP contribution in [-0.4, -0.2) is 79.1 Å². The third-order valence-electron chi connectivity index (χ3n) is 8.27. The molecule has 0 bridgehead atoms. The van der Waals surface area contributed by atoms with Gasteiger partial charge in [0, 0.05) is 42.6 Å². The maximum absolute atomic E-state index is 13.8. The molecule has 2 aromatic heterocycles. The number of rotatable bonds is 7. The number of piperidine rings is 1. The minimum Gasteiger partial charge on any atom is -0.444 e. The maximum atomic E-state index is 13.8. The van der Waals surface area contributed by atoms with E-state index in [1.54, 1.807) is 9.80 Å². The SMILES string of the molecule is C=CC(=O)N1CC(C(=O)c2c(Cl)nc(CNc3n[nH]c4cc(Cl)c(C(C)(C)C)cc34)n2C2CCN(C(=O)OC(C)(C)C)CC2)C1. The van der Waals surface area contributed by atoms with E-state index >= 15 is 0 Å². The molecule has 4 heterocycles. The number of ketones is 1. The molecule has 0 spiro atoms. The Hall–Kier alpha value is -3.57. The fourth-order valence-electron chi connectivity index (χ4n) is 5.88. The number of aromatic nitrogens is 4. The van der Waals surface area contributed by atoms with Gasteiger partial charge in [0.1, 0.15) is 17.1 Å². The van der Waals surface area contributed by atoms with Crippen LogP contribution in [-0.2, 0) is 21.5 Å². The number of nitrogens with one attached hydrogen (secondary N) is 2. The van der Waals surface area contributed by atoms with Gasteiger partial charge in [-0.2, -0.15) is 5.10 Å². The van der Waals surface area contributed by atoms with E-state index in [1.165, 1.54) is 6.08 Å². The Morgan fingerprint density at radius 3 is 2.36 bits per heavy atom. The van der Waals surface area contributed by atoms with Crippen molar-refractivity contribution in [3.63, 3.8) is 0 Å². The third kappa shape index (κ3) is 6.84. The Morgan fingerprint density at radius 2 is 1.76 bits per heavy atom. The molecular formula is C32H41Cl2N7O4. The molecular weight excluding hydrogens is 617 g/mol. The molecule has 0 unspecified atom stereocenters. The Labute approximate surface area is 273 Å². The second kappa shape index (κ2) is 12.3. The lowest BCUT2D eigenvalue weighted by Crippen LogP contribution is -2.53. The van der Waals surface area contributed by atoms with Crippen molar-refractivity contribution in [1.82, 2.24) is 29.5 Å². The van der Waals surface area contributed by atoms with Crippen molar-refractivity contribution in [3.05, 3.63) is 52.0 Å². The summed E-state index contributed by atoms with van der Waals surface area (Å²) in [4.78, 5) is 46.5. The minimum atomic E-state index is -0.594. The van der Waals surface area contributed by atoms with Crippen LogP contribution in [0, 0.1) is 5.92 Å². The van der Waals surface area contributed by atoms with Gasteiger partial charge in [0.05, 0.1) is 18.0 Å². The molecule has 1 aromatic carbocycles. The molecule has 3 aromatic rings. The summed E-state index contributed by atoms with van der Waals surface area (Å²) in [6, 6.07) is 3.78. The van der Waals surface area contributed by atoms with Crippen LogP contribution in [0.25, 0.3) is 10.9 Å². The lowest BCUT2D eigenvalue weighted by Gasteiger charge is -2.38. The number of hydrogen-bond donors (Lipinski definition) is 2. The zero-order chi connectivity index (χ0) is 32.8. The number of Topliss-reactive ketones (excluding diaryl/α,β-unsaturated/α-hetero) is 1. The molecule has 0 aliphatic carbocycles. The summed E-state index contributed by atoms with van der Waals surface area (Å²) < 4.78 is 7.50. The maximum Gasteiger partial charge on any atom is 0.410 e. The first-order valence-electron chi connectivity index (χ1n) is 15.2. The van der Waals surface area contributed by atoms with Crippen LogP contribution in [0.1, 0.15) is 82.3 Å². The average Bonchev–Trinajstić information content (AvgIpc) is 3.48. The summed E-state index contributed by atoms with van der Waals surface area (Å²) in [6.07, 6.45) is 2.06. The van der Waals surface area contributed by atoms with Crippen LogP contribution in [0.3, 0.4) is 0 Å². The zero-order valence-electron chi connectivity index (χ0n) is 26.7. The van der Waals surface area contributed by atoms with Crippen molar-refractivity contribution in [2.75, 3.05) is 31.5 Å². The van der Waals surface area contributed by atoms with Gasteiger partial charge in [0.25, 0.3) is 0 Å². The third-order valence-corrected chi connectivity index (χ3v) is 8.84. The Balaban J connectivity index is 1.42. The molecule has 45 heavy (non-hydrogen) atoms. The van der Waals surface area contributed by atoms with Crippen LogP contribution in [0.5, 0.6) is 0 Å². The molecule has 2 fully saturated rings. The van der Waals surface area contributed by atoms with Crippen LogP contribution >= 0.6 is 23.2 Å². The quantitative estimate of drug-likeness (QED) is 0.223. The number of carbonyl (C=O) groups excluding carboxylic acids is 3. The van der Waals surface area contributed by atoms with E-state index in [0.717, 1.165) is 16.5 Å². The second-order valence-electron chi connectivity index (χ2n) is 13.8. The lowest BCUT2D eigenvalue weighted by atomic mass is 9.86. The van der Waals surface area contributed by atoms with Crippen molar-refractivity contribution >= 4 is 57.7 Å². The van der Waals surface area contributed by atoms with Gasteiger partial charge < -0.3 is 24.4 Å². The fourth-order valence-corrected chi connectivity index (χ4v) is 6.61. The van der Waals surface area contributed by atoms with Crippen LogP contribution in [0.4, 0.5) is 10.6 Å². The molecule has 13 heteroatoms. The minimum absolute atomic E-state index is 0.119. The second-order valence-corrected chi connectivity index (χ2v) is 14.6. The van der Waals surface area contributed by atoms with Crippen LogP contribution < -0.4 is 5.32 Å². The number of likely N-dealkylation sites (tertiary alicyclic amines) is 2. The van der Waals surface area contributed by atoms with Crippen molar-refractivity contribution in [2.24, 2.45) is 5.92 Å². The lowest BCUT2D eigenvalue weighted by molar-refractivity contribution is -0.130. The highest BCUT2D eigenvalue weighted by atomic mass is 35.5. The Morgan fingerprint density at radius 1 is 1.09 bits per heavy atom. The summed E-state index contributed by atoms with van der Waals surface area (Å²) in [5.74, 6) is 0.457. The number of fused-ring (bicyclic) bond motifs is 1. The van der Waals surface area contributed by atoms with Gasteiger partial charge in [-0.15, -0.1) is 0 Å². The topological polar surface area (TPSA) is 125 Å². The van der Waals surface area contributed by atoms with E-state index in [9.17, 15) is 14.4 Å². The summed E-state index contributed by atoms with van der Waals surface area (Å²) >= 11 is 13.3.